The van der Waals surface area contributed by atoms with Gasteiger partial charge in [-0.25, -0.2) is 4.79 Å². The highest BCUT2D eigenvalue weighted by atomic mass is 32.2. The topological polar surface area (TPSA) is 64.7 Å². The molecule has 0 spiro atoms. The predicted molar refractivity (Wildman–Crippen MR) is 88.0 cm³/mol. The zero-order chi connectivity index (χ0) is 15.5. The van der Waals surface area contributed by atoms with Crippen LogP contribution < -0.4 is 10.6 Å². The summed E-state index contributed by atoms with van der Waals surface area (Å²) < 4.78 is 0. The molecular formula is C15H26N4O2S. The Kier molecular flexibility index (Phi) is 5.25. The second-order valence-electron chi connectivity index (χ2n) is 6.50. The number of carbonyl (C=O) groups excluding carboxylic acids is 2. The molecule has 0 bridgehead atoms. The standard InChI is InChI=1S/C15H26N4O2S/c1-11(14(20)17-15(21)16-12-2-3-12)18-5-7-19(8-6-18)13-4-9-22-10-13/h11-13H,2-10H2,1H3,(H2,16,17,20,21)/t11-,13-/m0/s1. The van der Waals surface area contributed by atoms with Crippen LogP contribution in [0, 0.1) is 0 Å². The van der Waals surface area contributed by atoms with E-state index in [4.69, 9.17) is 0 Å². The molecule has 1 aliphatic carbocycles. The number of nitrogens with zero attached hydrogens (tertiary/aromatic N) is 2. The van der Waals surface area contributed by atoms with Crippen molar-refractivity contribution in [2.24, 2.45) is 0 Å². The summed E-state index contributed by atoms with van der Waals surface area (Å²) in [6.45, 7) is 5.75. The summed E-state index contributed by atoms with van der Waals surface area (Å²) in [5.74, 6) is 2.33. The van der Waals surface area contributed by atoms with E-state index >= 15 is 0 Å². The number of piperazine rings is 1. The summed E-state index contributed by atoms with van der Waals surface area (Å²) in [5, 5.41) is 5.25. The van der Waals surface area contributed by atoms with Crippen LogP contribution >= 0.6 is 11.8 Å². The van der Waals surface area contributed by atoms with Crippen molar-refractivity contribution in [2.45, 2.75) is 44.3 Å². The quantitative estimate of drug-likeness (QED) is 0.787. The van der Waals surface area contributed by atoms with Gasteiger partial charge in [0.25, 0.3) is 0 Å². The molecule has 0 aromatic heterocycles. The van der Waals surface area contributed by atoms with Crippen molar-refractivity contribution in [3.63, 3.8) is 0 Å². The van der Waals surface area contributed by atoms with Crippen LogP contribution in [0.15, 0.2) is 0 Å². The minimum Gasteiger partial charge on any atom is -0.335 e. The van der Waals surface area contributed by atoms with E-state index in [1.165, 1.54) is 17.9 Å². The van der Waals surface area contributed by atoms with Crippen LogP contribution in [0.5, 0.6) is 0 Å². The van der Waals surface area contributed by atoms with E-state index in [9.17, 15) is 9.59 Å². The number of amides is 3. The maximum atomic E-state index is 12.2. The van der Waals surface area contributed by atoms with Crippen LogP contribution in [0.4, 0.5) is 4.79 Å². The number of hydrogen-bond acceptors (Lipinski definition) is 5. The number of thioether (sulfide) groups is 1. The first kappa shape index (κ1) is 16.1. The SMILES string of the molecule is C[C@@H](C(=O)NC(=O)NC1CC1)N1CCN([C@H]2CCSC2)CC1. The Hall–Kier alpha value is -0.790. The Morgan fingerprint density at radius 2 is 1.86 bits per heavy atom. The Morgan fingerprint density at radius 1 is 1.14 bits per heavy atom. The molecule has 2 N–H and O–H groups in total. The van der Waals surface area contributed by atoms with Crippen LogP contribution in [-0.2, 0) is 4.79 Å². The highest BCUT2D eigenvalue weighted by Gasteiger charge is 2.31. The van der Waals surface area contributed by atoms with Crippen LogP contribution in [0.1, 0.15) is 26.2 Å². The van der Waals surface area contributed by atoms with Gasteiger partial charge in [-0.1, -0.05) is 0 Å². The minimum atomic E-state index is -0.346. The fourth-order valence-corrected chi connectivity index (χ4v) is 4.39. The average Bonchev–Trinajstić information content (AvgIpc) is 3.16. The first-order valence-electron chi connectivity index (χ1n) is 8.30. The van der Waals surface area contributed by atoms with Crippen LogP contribution in [0.3, 0.4) is 0 Å². The van der Waals surface area contributed by atoms with Gasteiger partial charge in [-0.05, 0) is 31.9 Å². The third-order valence-electron chi connectivity index (χ3n) is 4.85. The molecule has 124 valence electrons. The van der Waals surface area contributed by atoms with Gasteiger partial charge in [-0.2, -0.15) is 11.8 Å². The van der Waals surface area contributed by atoms with Gasteiger partial charge in [0, 0.05) is 44.0 Å². The molecule has 0 unspecified atom stereocenters. The molecule has 3 amide bonds. The summed E-state index contributed by atoms with van der Waals surface area (Å²) in [5.41, 5.74) is 0. The zero-order valence-electron chi connectivity index (χ0n) is 13.2. The van der Waals surface area contributed by atoms with Gasteiger partial charge >= 0.3 is 6.03 Å². The molecule has 22 heavy (non-hydrogen) atoms. The number of nitrogens with one attached hydrogen (secondary N) is 2. The molecule has 2 aliphatic heterocycles. The lowest BCUT2D eigenvalue weighted by Crippen LogP contribution is -2.57. The Morgan fingerprint density at radius 3 is 2.45 bits per heavy atom. The maximum absolute atomic E-state index is 12.2. The van der Waals surface area contributed by atoms with Crippen molar-refractivity contribution in [3.8, 4) is 0 Å². The second kappa shape index (κ2) is 7.19. The van der Waals surface area contributed by atoms with Crippen molar-refractivity contribution in [3.05, 3.63) is 0 Å². The van der Waals surface area contributed by atoms with E-state index in [1.807, 2.05) is 18.7 Å². The van der Waals surface area contributed by atoms with Crippen molar-refractivity contribution < 1.29 is 9.59 Å². The van der Waals surface area contributed by atoms with Crippen molar-refractivity contribution in [2.75, 3.05) is 37.7 Å². The lowest BCUT2D eigenvalue weighted by molar-refractivity contribution is -0.125. The number of carbonyl (C=O) groups is 2. The Bertz CT molecular complexity index is 416. The average molecular weight is 326 g/mol. The second-order valence-corrected chi connectivity index (χ2v) is 7.65. The Balaban J connectivity index is 1.41. The van der Waals surface area contributed by atoms with Gasteiger partial charge in [0.1, 0.15) is 0 Å². The first-order chi connectivity index (χ1) is 10.6. The molecule has 7 heteroatoms. The molecule has 6 nitrogen and oxygen atoms in total. The summed E-state index contributed by atoms with van der Waals surface area (Å²) >= 11 is 2.04. The molecule has 2 atom stereocenters. The highest BCUT2D eigenvalue weighted by Crippen LogP contribution is 2.23. The molecular weight excluding hydrogens is 300 g/mol. The van der Waals surface area contributed by atoms with E-state index in [0.717, 1.165) is 45.1 Å². The lowest BCUT2D eigenvalue weighted by atomic mass is 10.1. The van der Waals surface area contributed by atoms with Crippen LogP contribution in [0.25, 0.3) is 0 Å². The fourth-order valence-electron chi connectivity index (χ4n) is 3.13. The van der Waals surface area contributed by atoms with Gasteiger partial charge in [0.05, 0.1) is 6.04 Å². The molecule has 3 fully saturated rings. The maximum Gasteiger partial charge on any atom is 0.321 e. The number of imide groups is 1. The molecule has 2 saturated heterocycles. The zero-order valence-corrected chi connectivity index (χ0v) is 14.0. The van der Waals surface area contributed by atoms with E-state index < -0.39 is 0 Å². The fraction of sp³-hybridized carbons (Fsp3) is 0.867. The van der Waals surface area contributed by atoms with Crippen molar-refractivity contribution in [1.29, 1.82) is 0 Å². The van der Waals surface area contributed by atoms with Gasteiger partial charge in [0.2, 0.25) is 5.91 Å². The largest absolute Gasteiger partial charge is 0.335 e. The van der Waals surface area contributed by atoms with Crippen LogP contribution in [-0.4, -0.2) is 77.5 Å². The number of hydrogen-bond donors (Lipinski definition) is 2. The predicted octanol–water partition coefficient (Wildman–Crippen LogP) is 0.486. The molecule has 1 saturated carbocycles. The molecule has 2 heterocycles. The minimum absolute atomic E-state index is 0.192. The first-order valence-corrected chi connectivity index (χ1v) is 9.46. The number of rotatable bonds is 4. The highest BCUT2D eigenvalue weighted by molar-refractivity contribution is 7.99. The van der Waals surface area contributed by atoms with Gasteiger partial charge in [0.15, 0.2) is 0 Å². The van der Waals surface area contributed by atoms with Crippen LogP contribution in [0.2, 0.25) is 0 Å². The number of urea groups is 1. The molecule has 3 rings (SSSR count). The van der Waals surface area contributed by atoms with E-state index in [1.54, 1.807) is 0 Å². The van der Waals surface area contributed by atoms with E-state index in [0.29, 0.717) is 0 Å². The van der Waals surface area contributed by atoms with E-state index in [2.05, 4.69) is 20.4 Å². The summed E-state index contributed by atoms with van der Waals surface area (Å²) in [6, 6.07) is 0.405. The normalized spacial score (nSPS) is 28.3. The van der Waals surface area contributed by atoms with Gasteiger partial charge in [-0.3, -0.25) is 19.9 Å². The third kappa shape index (κ3) is 4.14. The third-order valence-corrected chi connectivity index (χ3v) is 5.99. The van der Waals surface area contributed by atoms with Gasteiger partial charge < -0.3 is 5.32 Å². The Labute approximate surface area is 136 Å². The summed E-state index contributed by atoms with van der Waals surface area (Å²) in [7, 11) is 0. The monoisotopic (exact) mass is 326 g/mol. The lowest BCUT2D eigenvalue weighted by Gasteiger charge is -2.39. The molecule has 3 aliphatic rings. The molecule has 0 radical (unpaired) electrons. The summed E-state index contributed by atoms with van der Waals surface area (Å²) in [4.78, 5) is 28.5. The van der Waals surface area contributed by atoms with Crippen molar-refractivity contribution in [1.82, 2.24) is 20.4 Å². The smallest absolute Gasteiger partial charge is 0.321 e. The molecule has 0 aromatic rings. The van der Waals surface area contributed by atoms with Crippen molar-refractivity contribution >= 4 is 23.7 Å². The molecule has 0 aromatic carbocycles. The van der Waals surface area contributed by atoms with Gasteiger partial charge in [-0.15, -0.1) is 0 Å². The van der Waals surface area contributed by atoms with E-state index in [-0.39, 0.29) is 24.0 Å². The summed E-state index contributed by atoms with van der Waals surface area (Å²) in [6.07, 6.45) is 3.35.